The van der Waals surface area contributed by atoms with Crippen LogP contribution in [-0.2, 0) is 13.0 Å². The van der Waals surface area contributed by atoms with E-state index in [-0.39, 0.29) is 5.54 Å². The monoisotopic (exact) mass is 277 g/mol. The van der Waals surface area contributed by atoms with Gasteiger partial charge >= 0.3 is 0 Å². The van der Waals surface area contributed by atoms with Gasteiger partial charge in [-0.25, -0.2) is 0 Å². The first kappa shape index (κ1) is 14.4. The van der Waals surface area contributed by atoms with E-state index in [1.807, 2.05) is 24.0 Å². The molecule has 0 saturated carbocycles. The third-order valence-corrected chi connectivity index (χ3v) is 5.15. The molecule has 1 saturated heterocycles. The van der Waals surface area contributed by atoms with Crippen molar-refractivity contribution in [2.75, 3.05) is 5.75 Å². The van der Waals surface area contributed by atoms with Gasteiger partial charge in [-0.2, -0.15) is 0 Å². The van der Waals surface area contributed by atoms with Crippen LogP contribution < -0.4 is 5.32 Å². The minimum Gasteiger partial charge on any atom is -0.359 e. The van der Waals surface area contributed by atoms with Crippen molar-refractivity contribution in [3.05, 3.63) is 29.6 Å². The molecular weight excluding hydrogens is 254 g/mol. The quantitative estimate of drug-likeness (QED) is 0.896. The summed E-state index contributed by atoms with van der Waals surface area (Å²) in [4.78, 5) is 9.14. The van der Waals surface area contributed by atoms with E-state index in [2.05, 4.69) is 37.1 Å². The molecule has 1 aliphatic heterocycles. The summed E-state index contributed by atoms with van der Waals surface area (Å²) in [5.74, 6) is 1.13. The molecule has 1 fully saturated rings. The van der Waals surface area contributed by atoms with Crippen molar-refractivity contribution in [3.8, 4) is 0 Å². The number of hydrogen-bond donors (Lipinski definition) is 1. The molecule has 0 aromatic carbocycles. The maximum atomic E-state index is 4.70. The summed E-state index contributed by atoms with van der Waals surface area (Å²) < 4.78 is 0. The van der Waals surface area contributed by atoms with Crippen LogP contribution in [0.4, 0.5) is 0 Å². The zero-order chi connectivity index (χ0) is 13.7. The van der Waals surface area contributed by atoms with Gasteiger partial charge in [-0.1, -0.05) is 38.6 Å². The number of rotatable bonds is 5. The molecule has 0 spiro atoms. The molecular formula is C15H23N3S. The number of aromatic nitrogens is 1. The number of amidine groups is 1. The lowest BCUT2D eigenvalue weighted by molar-refractivity contribution is 0.407. The van der Waals surface area contributed by atoms with Crippen LogP contribution in [0.15, 0.2) is 23.3 Å². The number of aliphatic imine (C=N–C) groups is 1. The summed E-state index contributed by atoms with van der Waals surface area (Å²) in [7, 11) is 0. The molecule has 0 atom stereocenters. The van der Waals surface area contributed by atoms with Crippen LogP contribution in [-0.4, -0.2) is 21.4 Å². The van der Waals surface area contributed by atoms with Crippen LogP contribution in [0.5, 0.6) is 0 Å². The Labute approximate surface area is 120 Å². The number of hydrogen-bond acceptors (Lipinski definition) is 3. The van der Waals surface area contributed by atoms with E-state index < -0.39 is 0 Å². The number of nitrogens with one attached hydrogen (secondary N) is 1. The molecule has 1 N–H and O–H groups in total. The highest BCUT2D eigenvalue weighted by Crippen LogP contribution is 2.29. The van der Waals surface area contributed by atoms with Crippen LogP contribution in [0.1, 0.15) is 44.9 Å². The molecule has 0 aliphatic carbocycles. The molecule has 1 aromatic heterocycles. The Morgan fingerprint density at radius 2 is 2.16 bits per heavy atom. The van der Waals surface area contributed by atoms with Crippen LogP contribution >= 0.6 is 11.8 Å². The second-order valence-electron chi connectivity index (χ2n) is 4.99. The Bertz CT molecular complexity index is 452. The normalized spacial score (nSPS) is 19.6. The van der Waals surface area contributed by atoms with E-state index in [1.54, 1.807) is 0 Å². The van der Waals surface area contributed by atoms with E-state index >= 15 is 0 Å². The van der Waals surface area contributed by atoms with Gasteiger partial charge in [0.05, 0.1) is 12.2 Å². The Balaban J connectivity index is 2.04. The lowest BCUT2D eigenvalue weighted by atomic mass is 9.96. The van der Waals surface area contributed by atoms with Gasteiger partial charge in [0.2, 0.25) is 0 Å². The van der Waals surface area contributed by atoms with Crippen molar-refractivity contribution in [1.29, 1.82) is 0 Å². The molecule has 104 valence electrons. The third-order valence-electron chi connectivity index (χ3n) is 3.95. The van der Waals surface area contributed by atoms with E-state index in [1.165, 1.54) is 5.56 Å². The van der Waals surface area contributed by atoms with Gasteiger partial charge in [0.15, 0.2) is 5.17 Å². The predicted octanol–water partition coefficient (Wildman–Crippen LogP) is 3.40. The molecule has 1 aliphatic rings. The van der Waals surface area contributed by atoms with E-state index in [0.717, 1.165) is 35.9 Å². The van der Waals surface area contributed by atoms with E-state index in [9.17, 15) is 0 Å². The zero-order valence-electron chi connectivity index (χ0n) is 12.1. The SMILES string of the molecule is CCc1cccnc1CN=C1NC(CC)(CC)CS1. The third kappa shape index (κ3) is 3.30. The molecule has 0 unspecified atom stereocenters. The first-order valence-corrected chi connectivity index (χ1v) is 8.09. The largest absolute Gasteiger partial charge is 0.359 e. The van der Waals surface area contributed by atoms with E-state index in [0.29, 0.717) is 6.54 Å². The van der Waals surface area contributed by atoms with Gasteiger partial charge in [-0.05, 0) is 30.9 Å². The number of nitrogens with zero attached hydrogens (tertiary/aromatic N) is 2. The van der Waals surface area contributed by atoms with Crippen LogP contribution in [0.2, 0.25) is 0 Å². The number of pyridine rings is 1. The molecule has 2 heterocycles. The summed E-state index contributed by atoms with van der Waals surface area (Å²) in [6.07, 6.45) is 5.17. The second kappa shape index (κ2) is 6.42. The fourth-order valence-corrected chi connectivity index (χ4v) is 3.64. The van der Waals surface area contributed by atoms with Gasteiger partial charge < -0.3 is 5.32 Å². The highest BCUT2D eigenvalue weighted by Gasteiger charge is 2.33. The van der Waals surface area contributed by atoms with Gasteiger partial charge in [0, 0.05) is 17.5 Å². The smallest absolute Gasteiger partial charge is 0.157 e. The Hall–Kier alpha value is -1.03. The van der Waals surface area contributed by atoms with Crippen molar-refractivity contribution in [3.63, 3.8) is 0 Å². The minimum absolute atomic E-state index is 0.251. The maximum Gasteiger partial charge on any atom is 0.157 e. The average Bonchev–Trinajstić information content (AvgIpc) is 2.89. The molecule has 2 rings (SSSR count). The Kier molecular flexibility index (Phi) is 4.86. The highest BCUT2D eigenvalue weighted by molar-refractivity contribution is 8.14. The van der Waals surface area contributed by atoms with Gasteiger partial charge in [0.1, 0.15) is 0 Å². The highest BCUT2D eigenvalue weighted by atomic mass is 32.2. The maximum absolute atomic E-state index is 4.70. The van der Waals surface area contributed by atoms with Crippen molar-refractivity contribution in [1.82, 2.24) is 10.3 Å². The molecule has 0 amide bonds. The molecule has 19 heavy (non-hydrogen) atoms. The van der Waals surface area contributed by atoms with Gasteiger partial charge in [-0.15, -0.1) is 0 Å². The molecule has 0 bridgehead atoms. The number of aryl methyl sites for hydroxylation is 1. The Morgan fingerprint density at radius 1 is 1.37 bits per heavy atom. The van der Waals surface area contributed by atoms with E-state index in [4.69, 9.17) is 4.99 Å². The zero-order valence-corrected chi connectivity index (χ0v) is 12.9. The first-order chi connectivity index (χ1) is 9.23. The Morgan fingerprint density at radius 3 is 2.79 bits per heavy atom. The van der Waals surface area contributed by atoms with Crippen molar-refractivity contribution < 1.29 is 0 Å². The molecule has 3 nitrogen and oxygen atoms in total. The van der Waals surface area contributed by atoms with Gasteiger partial charge in [-0.3, -0.25) is 9.98 Å². The minimum atomic E-state index is 0.251. The summed E-state index contributed by atoms with van der Waals surface area (Å²) >= 11 is 1.84. The summed E-state index contributed by atoms with van der Waals surface area (Å²) in [6, 6.07) is 4.14. The molecule has 4 heteroatoms. The first-order valence-electron chi connectivity index (χ1n) is 7.11. The molecule has 1 aromatic rings. The summed E-state index contributed by atoms with van der Waals surface area (Å²) in [6.45, 7) is 7.33. The predicted molar refractivity (Wildman–Crippen MR) is 83.7 cm³/mol. The lowest BCUT2D eigenvalue weighted by Crippen LogP contribution is -2.42. The fourth-order valence-electron chi connectivity index (χ4n) is 2.30. The fraction of sp³-hybridized carbons (Fsp3) is 0.600. The molecule has 0 radical (unpaired) electrons. The summed E-state index contributed by atoms with van der Waals surface area (Å²) in [5.41, 5.74) is 2.65. The standard InChI is InChI=1S/C15H23N3S/c1-4-12-8-7-9-16-13(12)10-17-14-18-15(5-2,6-3)11-19-14/h7-9H,4-6,10-11H2,1-3H3,(H,17,18). The van der Waals surface area contributed by atoms with Crippen LogP contribution in [0, 0.1) is 0 Å². The van der Waals surface area contributed by atoms with Crippen molar-refractivity contribution >= 4 is 16.9 Å². The van der Waals surface area contributed by atoms with Crippen LogP contribution in [0.3, 0.4) is 0 Å². The topological polar surface area (TPSA) is 37.3 Å². The van der Waals surface area contributed by atoms with Crippen molar-refractivity contribution in [2.24, 2.45) is 4.99 Å². The second-order valence-corrected chi connectivity index (χ2v) is 5.95. The van der Waals surface area contributed by atoms with Crippen molar-refractivity contribution in [2.45, 2.75) is 52.1 Å². The van der Waals surface area contributed by atoms with Gasteiger partial charge in [0.25, 0.3) is 0 Å². The summed E-state index contributed by atoms with van der Waals surface area (Å²) in [5, 5.41) is 4.68. The lowest BCUT2D eigenvalue weighted by Gasteiger charge is -2.25. The van der Waals surface area contributed by atoms with Crippen LogP contribution in [0.25, 0.3) is 0 Å². The number of thioether (sulfide) groups is 1. The average molecular weight is 277 g/mol.